The fourth-order valence-corrected chi connectivity index (χ4v) is 9.58. The Labute approximate surface area is 346 Å². The quantitative estimate of drug-likeness (QED) is 0.0403. The summed E-state index contributed by atoms with van der Waals surface area (Å²) >= 11 is -0.0110. The monoisotopic (exact) mass is 1020 g/mol. The third-order valence-electron chi connectivity index (χ3n) is 9.52. The van der Waals surface area contributed by atoms with E-state index in [4.69, 9.17) is 0 Å². The van der Waals surface area contributed by atoms with E-state index in [1.54, 1.807) is 0 Å². The van der Waals surface area contributed by atoms with Gasteiger partial charge >= 0.3 is 21.2 Å². The molecule has 0 atom stereocenters. The van der Waals surface area contributed by atoms with Gasteiger partial charge in [-0.05, 0) is 32.9 Å². The molecule has 0 aliphatic rings. The highest BCUT2D eigenvalue weighted by Gasteiger charge is 2.52. The Morgan fingerprint density at radius 1 is 0.323 bits per heavy atom. The summed E-state index contributed by atoms with van der Waals surface area (Å²) < 4.78 is 296. The first-order chi connectivity index (χ1) is 28.8. The van der Waals surface area contributed by atoms with E-state index in [0.29, 0.717) is 3.42 Å². The zero-order valence-electron chi connectivity index (χ0n) is 30.7. The van der Waals surface area contributed by atoms with E-state index in [-0.39, 0.29) is 21.2 Å². The van der Waals surface area contributed by atoms with Crippen LogP contribution in [0.4, 0.5) is 87.8 Å². The molecule has 0 amide bonds. The predicted molar refractivity (Wildman–Crippen MR) is 179 cm³/mol. The summed E-state index contributed by atoms with van der Waals surface area (Å²) in [5, 5.41) is 0. The van der Waals surface area contributed by atoms with Crippen molar-refractivity contribution in [2.24, 2.45) is 0 Å². The van der Waals surface area contributed by atoms with Crippen LogP contribution in [0.1, 0.15) is 25.0 Å². The molecule has 0 radical (unpaired) electrons. The Morgan fingerprint density at radius 3 is 0.790 bits per heavy atom. The van der Waals surface area contributed by atoms with Crippen molar-refractivity contribution < 1.29 is 109 Å². The van der Waals surface area contributed by atoms with Gasteiger partial charge in [-0.15, -0.1) is 21.9 Å². The van der Waals surface area contributed by atoms with Gasteiger partial charge in [0, 0.05) is 5.56 Å². The standard InChI is InChI=1S/C24BF20.C16H18I/c26-5-1(6(27)14(35)21(42)13(5)34)25(2-7(28)15(36)22(43)16(37)8(2)29,3-9(30)17(38)23(44)18(39)10(3)31)4-11(32)19(40)24(45)20(41)12(4)33;1-13-9-11-15(12-10-13)17-16(2,3)14-7-5-4-6-8-14/h;4-12H,1-3H3/q-1;+1. The summed E-state index contributed by atoms with van der Waals surface area (Å²) in [7, 11) is 0. The van der Waals surface area contributed by atoms with Crippen LogP contribution in [0.25, 0.3) is 0 Å². The van der Waals surface area contributed by atoms with Gasteiger partial charge in [0.15, 0.2) is 76.8 Å². The van der Waals surface area contributed by atoms with E-state index in [1.807, 2.05) is 0 Å². The third-order valence-corrected chi connectivity index (χ3v) is 12.8. The van der Waals surface area contributed by atoms with Gasteiger partial charge < -0.3 is 0 Å². The molecule has 328 valence electrons. The minimum absolute atomic E-state index is 0.0110. The molecule has 22 heteroatoms. The second kappa shape index (κ2) is 17.5. The number of aryl methyl sites for hydroxylation is 1. The van der Waals surface area contributed by atoms with Crippen LogP contribution in [0.5, 0.6) is 0 Å². The number of halogens is 21. The summed E-state index contributed by atoms with van der Waals surface area (Å²) in [5.41, 5.74) is -11.5. The molecule has 0 aromatic heterocycles. The lowest BCUT2D eigenvalue weighted by Gasteiger charge is -2.44. The van der Waals surface area contributed by atoms with Crippen LogP contribution in [0.15, 0.2) is 54.6 Å². The lowest BCUT2D eigenvalue weighted by atomic mass is 9.12. The molecule has 0 bridgehead atoms. The number of alkyl halides is 1. The van der Waals surface area contributed by atoms with Gasteiger partial charge in [-0.1, -0.05) is 48.0 Å². The summed E-state index contributed by atoms with van der Waals surface area (Å²) in [4.78, 5) is 0. The van der Waals surface area contributed by atoms with Crippen molar-refractivity contribution in [3.8, 4) is 0 Å². The molecule has 0 heterocycles. The normalized spacial score (nSPS) is 11.9. The summed E-state index contributed by atoms with van der Waals surface area (Å²) in [6.07, 6.45) is -7.22. The van der Waals surface area contributed by atoms with Crippen molar-refractivity contribution >= 4 is 28.0 Å². The lowest BCUT2D eigenvalue weighted by Crippen LogP contribution is -3.66. The van der Waals surface area contributed by atoms with Gasteiger partial charge in [0.05, 0.1) is 0 Å². The predicted octanol–water partition coefficient (Wildman–Crippen LogP) is 7.03. The van der Waals surface area contributed by atoms with Crippen molar-refractivity contribution in [3.05, 3.63) is 186 Å². The molecule has 0 N–H and O–H groups in total. The third kappa shape index (κ3) is 7.64. The maximum absolute atomic E-state index is 15.4. The Kier molecular flexibility index (Phi) is 13.5. The molecule has 6 aromatic rings. The number of hydrogen-bond donors (Lipinski definition) is 0. The Hall–Kier alpha value is -5.29. The average molecular weight is 1020 g/mol. The van der Waals surface area contributed by atoms with Crippen molar-refractivity contribution in [2.45, 2.75) is 24.2 Å². The average Bonchev–Trinajstić information content (AvgIpc) is 3.24. The van der Waals surface area contributed by atoms with Crippen LogP contribution in [-0.4, -0.2) is 6.15 Å². The molecule has 6 rings (SSSR count). The van der Waals surface area contributed by atoms with E-state index >= 15 is 35.1 Å². The van der Waals surface area contributed by atoms with Crippen LogP contribution >= 0.6 is 0 Å². The lowest BCUT2D eigenvalue weighted by molar-refractivity contribution is -0.705. The molecule has 62 heavy (non-hydrogen) atoms. The second-order valence-corrected chi connectivity index (χ2v) is 18.0. The Balaban J connectivity index is 0.000000355. The molecule has 0 aliphatic carbocycles. The number of benzene rings is 6. The van der Waals surface area contributed by atoms with E-state index < -0.39 is 144 Å². The van der Waals surface area contributed by atoms with Gasteiger partial charge in [-0.25, -0.2) is 87.8 Å². The Morgan fingerprint density at radius 2 is 0.548 bits per heavy atom. The van der Waals surface area contributed by atoms with Crippen LogP contribution in [0.3, 0.4) is 0 Å². The molecule has 0 nitrogen and oxygen atoms in total. The zero-order chi connectivity index (χ0) is 46.7. The first kappa shape index (κ1) is 47.8. The highest BCUT2D eigenvalue weighted by atomic mass is 127. The maximum Gasteiger partial charge on any atom is 0.324 e. The van der Waals surface area contributed by atoms with Crippen molar-refractivity contribution in [1.29, 1.82) is 0 Å². The topological polar surface area (TPSA) is 0 Å². The van der Waals surface area contributed by atoms with Crippen molar-refractivity contribution in [2.75, 3.05) is 0 Å². The van der Waals surface area contributed by atoms with Crippen molar-refractivity contribution in [1.82, 2.24) is 0 Å². The maximum atomic E-state index is 15.4. The van der Waals surface area contributed by atoms with Gasteiger partial charge in [0.1, 0.15) is 52.7 Å². The fourth-order valence-electron chi connectivity index (χ4n) is 6.63. The summed E-state index contributed by atoms with van der Waals surface area (Å²) in [5.74, 6) is -71.4. The van der Waals surface area contributed by atoms with E-state index in [1.165, 1.54) is 14.7 Å². The van der Waals surface area contributed by atoms with Crippen LogP contribution in [-0.2, 0) is 3.42 Å². The van der Waals surface area contributed by atoms with E-state index in [9.17, 15) is 52.7 Å². The molecule has 0 spiro atoms. The Bertz CT molecular complexity index is 2360. The fraction of sp³-hybridized carbons (Fsp3) is 0.100. The highest BCUT2D eigenvalue weighted by Crippen LogP contribution is 2.31. The largest absolute Gasteiger partial charge is 0.324 e. The van der Waals surface area contributed by atoms with Gasteiger partial charge in [-0.3, -0.25) is 0 Å². The SMILES string of the molecule is Cc1ccc([I+]C(C)(C)c2ccccc2)cc1.Fc1c(F)c(F)c([B-](c2c(F)c(F)c(F)c(F)c2F)(c2c(F)c(F)c(F)c(F)c2F)c2c(F)c(F)c(F)c(F)c2F)c(F)c1F. The van der Waals surface area contributed by atoms with Crippen LogP contribution in [0.2, 0.25) is 0 Å². The highest BCUT2D eigenvalue weighted by molar-refractivity contribution is 7.20. The van der Waals surface area contributed by atoms with Gasteiger partial charge in [-0.2, -0.15) is 0 Å². The molecule has 0 saturated carbocycles. The van der Waals surface area contributed by atoms with Crippen LogP contribution in [0, 0.1) is 127 Å². The van der Waals surface area contributed by atoms with Gasteiger partial charge in [0.2, 0.25) is 0 Å². The minimum Gasteiger partial charge on any atom is -0.207 e. The molecule has 0 aliphatic heterocycles. The molecular formula is C40H18BF20I. The summed E-state index contributed by atoms with van der Waals surface area (Å²) in [6, 6.07) is 19.9. The number of hydrogen-bond acceptors (Lipinski definition) is 0. The molecular weight excluding hydrogens is 998 g/mol. The zero-order valence-corrected chi connectivity index (χ0v) is 32.9. The van der Waals surface area contributed by atoms with Crippen LogP contribution < -0.4 is 43.1 Å². The first-order valence-electron chi connectivity index (χ1n) is 16.8. The van der Waals surface area contributed by atoms with E-state index in [2.05, 4.69) is 75.4 Å². The minimum atomic E-state index is -7.22. The molecule has 0 unspecified atom stereocenters. The molecule has 6 aromatic carbocycles. The molecule has 0 saturated heterocycles. The summed E-state index contributed by atoms with van der Waals surface area (Å²) in [6.45, 7) is 6.86. The van der Waals surface area contributed by atoms with Gasteiger partial charge in [0.25, 0.3) is 0 Å². The first-order valence-corrected chi connectivity index (χ1v) is 19.0. The number of rotatable bonds is 7. The smallest absolute Gasteiger partial charge is 0.207 e. The van der Waals surface area contributed by atoms with E-state index in [0.717, 1.165) is 0 Å². The second-order valence-electron chi connectivity index (χ2n) is 13.5. The molecule has 0 fully saturated rings. The van der Waals surface area contributed by atoms with Crippen molar-refractivity contribution in [3.63, 3.8) is 0 Å².